The first-order valence-electron chi connectivity index (χ1n) is 1.65. The number of hydrogen-bond acceptors (Lipinski definition) is 5. The van der Waals surface area contributed by atoms with Gasteiger partial charge in [-0.15, -0.1) is 0 Å². The van der Waals surface area contributed by atoms with E-state index in [1.807, 2.05) is 0 Å². The monoisotopic (exact) mass is 242 g/mol. The van der Waals surface area contributed by atoms with Crippen molar-refractivity contribution < 1.29 is 28.0 Å². The van der Waals surface area contributed by atoms with Crippen molar-refractivity contribution in [1.82, 2.24) is 0 Å². The minimum absolute atomic E-state index is 0. The van der Waals surface area contributed by atoms with E-state index in [4.69, 9.17) is 12.5 Å². The summed E-state index contributed by atoms with van der Waals surface area (Å²) < 4.78 is 54.6. The molecule has 0 aliphatic carbocycles. The molecule has 0 aliphatic heterocycles. The van der Waals surface area contributed by atoms with Crippen LogP contribution in [0.3, 0.4) is 0 Å². The van der Waals surface area contributed by atoms with Crippen molar-refractivity contribution in [2.75, 3.05) is 0 Å². The molecule has 0 heterocycles. The van der Waals surface area contributed by atoms with Crippen LogP contribution in [0.25, 0.3) is 0 Å². The molecule has 0 rings (SSSR count). The van der Waals surface area contributed by atoms with E-state index in [0.29, 0.717) is 0 Å². The molecule has 7 nitrogen and oxygen atoms in total. The van der Waals surface area contributed by atoms with Crippen LogP contribution in [0.2, 0.25) is 0 Å². The SMILES string of the molecule is [CaH2].[O]=[Al][OH].[O]=[Al][O]S(=O)(=O)O. The molecule has 0 radical (unpaired) electrons. The van der Waals surface area contributed by atoms with Crippen LogP contribution < -0.4 is 0 Å². The standard InChI is InChI=1S/2Al.Ca.H2O4S.H2O.2O.2H/c;;;1-5(2,3)4;;;;;/h;;;(H2,1,2,3,4);1H2;;;;/q2*+1;;;;;;;/p-2. The molecule has 0 aliphatic rings. The summed E-state index contributed by atoms with van der Waals surface area (Å²) in [6, 6.07) is 0. The Labute approximate surface area is 106 Å². The summed E-state index contributed by atoms with van der Waals surface area (Å²) in [5.74, 6) is 0. The zero-order valence-electron chi connectivity index (χ0n) is 4.50. The molecule has 2 N–H and O–H groups in total. The van der Waals surface area contributed by atoms with E-state index in [1.54, 1.807) is 0 Å². The third-order valence-corrected chi connectivity index (χ3v) is 1.45. The predicted molar refractivity (Wildman–Crippen MR) is 36.3 cm³/mol. The summed E-state index contributed by atoms with van der Waals surface area (Å²) in [5.41, 5.74) is 0. The molecule has 0 aromatic carbocycles. The normalized spacial score (nSPS) is 7.00. The van der Waals surface area contributed by atoms with Gasteiger partial charge in [-0.2, -0.15) is 0 Å². The number of rotatable bonds is 2. The van der Waals surface area contributed by atoms with Gasteiger partial charge in [0.2, 0.25) is 0 Å². The van der Waals surface area contributed by atoms with Gasteiger partial charge in [-0.3, -0.25) is 0 Å². The fourth-order valence-electron chi connectivity index (χ4n) is 0.0496. The third-order valence-electron chi connectivity index (χ3n) is 0.161. The summed E-state index contributed by atoms with van der Waals surface area (Å²) in [6.07, 6.45) is 0. The van der Waals surface area contributed by atoms with Gasteiger partial charge in [-0.25, -0.2) is 0 Å². The minimum atomic E-state index is -4.45. The molecule has 0 aromatic heterocycles. The van der Waals surface area contributed by atoms with E-state index in [-0.39, 0.29) is 37.7 Å². The Morgan fingerprint density at radius 2 is 1.55 bits per heavy atom. The third kappa shape index (κ3) is 34.5. The van der Waals surface area contributed by atoms with Crippen LogP contribution in [0.15, 0.2) is 0 Å². The van der Waals surface area contributed by atoms with Crippen molar-refractivity contribution in [1.29, 1.82) is 0 Å². The summed E-state index contributed by atoms with van der Waals surface area (Å²) in [4.78, 5) is 0. The van der Waals surface area contributed by atoms with Crippen LogP contribution in [0, 0.1) is 0 Å². The second kappa shape index (κ2) is 11.4. The van der Waals surface area contributed by atoms with Crippen LogP contribution in [0.5, 0.6) is 0 Å². The summed E-state index contributed by atoms with van der Waals surface area (Å²) >= 11 is -3.38. The molecular weight excluding hydrogens is 238 g/mol. The van der Waals surface area contributed by atoms with Gasteiger partial charge >= 0.3 is 107 Å². The fraction of sp³-hybridized carbons (Fsp3) is 0. The van der Waals surface area contributed by atoms with Crippen molar-refractivity contribution in [3.05, 3.63) is 0 Å². The van der Waals surface area contributed by atoms with Gasteiger partial charge in [0, 0.05) is 0 Å². The van der Waals surface area contributed by atoms with Gasteiger partial charge in [0.25, 0.3) is 0 Å². The van der Waals surface area contributed by atoms with Gasteiger partial charge in [0.1, 0.15) is 0 Å². The number of hydrogen-bond donors (Lipinski definition) is 2. The Kier molecular flexibility index (Phi) is 19.0. The Morgan fingerprint density at radius 3 is 1.55 bits per heavy atom. The maximum absolute atomic E-state index is 9.39. The first kappa shape index (κ1) is 18.3. The van der Waals surface area contributed by atoms with Crippen molar-refractivity contribution in [3.8, 4) is 0 Å². The van der Waals surface area contributed by atoms with E-state index < -0.39 is 41.4 Å². The molecule has 0 saturated carbocycles. The van der Waals surface area contributed by atoms with E-state index in [1.165, 1.54) is 0 Å². The molecule has 60 valence electrons. The fourth-order valence-corrected chi connectivity index (χ4v) is 0.447. The van der Waals surface area contributed by atoms with Crippen molar-refractivity contribution in [2.45, 2.75) is 0 Å². The van der Waals surface area contributed by atoms with Crippen molar-refractivity contribution >= 4 is 79.1 Å². The van der Waals surface area contributed by atoms with Crippen LogP contribution in [0.4, 0.5) is 0 Å². The van der Waals surface area contributed by atoms with Gasteiger partial charge < -0.3 is 0 Å². The molecule has 11 heavy (non-hydrogen) atoms. The summed E-state index contributed by atoms with van der Waals surface area (Å²) in [5, 5.41) is 0. The quantitative estimate of drug-likeness (QED) is 0.386. The molecule has 0 bridgehead atoms. The molecule has 0 atom stereocenters. The molecule has 0 amide bonds. The first-order chi connectivity index (χ1) is 4.47. The van der Waals surface area contributed by atoms with E-state index >= 15 is 0 Å². The topological polar surface area (TPSA) is 118 Å². The average Bonchev–Trinajstić information content (AvgIpc) is 1.63. The maximum atomic E-state index is 9.39. The Morgan fingerprint density at radius 1 is 1.27 bits per heavy atom. The summed E-state index contributed by atoms with van der Waals surface area (Å²) in [6.45, 7) is 0. The Balaban J connectivity index is -0.000000140. The molecule has 0 spiro atoms. The molecular formula is H4Al2CaO7S. The molecule has 0 aromatic rings. The average molecular weight is 242 g/mol. The van der Waals surface area contributed by atoms with Gasteiger partial charge in [0.15, 0.2) is 0 Å². The zero-order valence-corrected chi connectivity index (χ0v) is 7.62. The van der Waals surface area contributed by atoms with Crippen molar-refractivity contribution in [2.24, 2.45) is 0 Å². The predicted octanol–water partition coefficient (Wildman–Crippen LogP) is -3.20. The van der Waals surface area contributed by atoms with Gasteiger partial charge in [0.05, 0.1) is 0 Å². The van der Waals surface area contributed by atoms with E-state index in [2.05, 4.69) is 3.23 Å². The molecule has 0 unspecified atom stereocenters. The van der Waals surface area contributed by atoms with Crippen LogP contribution in [-0.2, 0) is 21.2 Å². The van der Waals surface area contributed by atoms with E-state index in [0.717, 1.165) is 0 Å². The zero-order chi connectivity index (χ0) is 8.62. The van der Waals surface area contributed by atoms with Crippen LogP contribution in [-0.4, -0.2) is 85.8 Å². The Hall–Kier alpha value is 1.43. The Bertz CT molecular complexity index is 183. The second-order valence-electron chi connectivity index (χ2n) is 0.726. The van der Waals surface area contributed by atoms with E-state index in [9.17, 15) is 12.2 Å². The van der Waals surface area contributed by atoms with Gasteiger partial charge in [-0.1, -0.05) is 0 Å². The van der Waals surface area contributed by atoms with Gasteiger partial charge in [-0.05, 0) is 0 Å². The molecule has 0 saturated heterocycles. The summed E-state index contributed by atoms with van der Waals surface area (Å²) in [7, 11) is -4.45. The molecule has 0 fully saturated rings. The second-order valence-corrected chi connectivity index (χ2v) is 2.75. The van der Waals surface area contributed by atoms with Crippen LogP contribution in [0.1, 0.15) is 0 Å². The van der Waals surface area contributed by atoms with Crippen molar-refractivity contribution in [3.63, 3.8) is 0 Å². The first-order valence-corrected chi connectivity index (χ1v) is 4.94. The van der Waals surface area contributed by atoms with Crippen LogP contribution >= 0.6 is 0 Å². The molecule has 11 heteroatoms.